The van der Waals surface area contributed by atoms with Crippen LogP contribution in [0.5, 0.6) is 0 Å². The van der Waals surface area contributed by atoms with E-state index in [0.29, 0.717) is 12.0 Å². The number of rotatable bonds is 4. The molecule has 0 N–H and O–H groups in total. The van der Waals surface area contributed by atoms with Crippen LogP contribution in [0, 0.1) is 0 Å². The highest BCUT2D eigenvalue weighted by atomic mass is 35.5. The highest BCUT2D eigenvalue weighted by Crippen LogP contribution is 2.27. The molecule has 0 aliphatic heterocycles. The van der Waals surface area contributed by atoms with Crippen molar-refractivity contribution in [2.45, 2.75) is 10.8 Å². The zero-order chi connectivity index (χ0) is 11.4. The van der Waals surface area contributed by atoms with E-state index in [9.17, 15) is 4.79 Å². The van der Waals surface area contributed by atoms with E-state index in [1.807, 2.05) is 24.3 Å². The summed E-state index contributed by atoms with van der Waals surface area (Å²) in [6, 6.07) is 11.1. The molecule has 82 valence electrons. The Hall–Kier alpha value is -1.19. The summed E-state index contributed by atoms with van der Waals surface area (Å²) in [5.74, 6) is 1.08. The number of carbonyl (C=O) groups is 1. The van der Waals surface area contributed by atoms with Crippen LogP contribution in [-0.2, 0) is 5.75 Å². The Morgan fingerprint density at radius 1 is 1.25 bits per heavy atom. The summed E-state index contributed by atoms with van der Waals surface area (Å²) < 4.78 is 5.25. The van der Waals surface area contributed by atoms with Crippen LogP contribution in [0.3, 0.4) is 0 Å². The second kappa shape index (κ2) is 5.23. The Morgan fingerprint density at radius 2 is 2.06 bits per heavy atom. The minimum absolute atomic E-state index is 0.349. The van der Waals surface area contributed by atoms with E-state index in [0.717, 1.165) is 21.4 Å². The minimum Gasteiger partial charge on any atom is -0.447 e. The third-order valence-electron chi connectivity index (χ3n) is 2.05. The molecule has 0 fully saturated rings. The molecule has 1 aromatic carbocycles. The maximum atomic E-state index is 10.4. The fourth-order valence-electron chi connectivity index (χ4n) is 1.24. The van der Waals surface area contributed by atoms with Gasteiger partial charge in [0.25, 0.3) is 0 Å². The van der Waals surface area contributed by atoms with Gasteiger partial charge in [-0.15, -0.1) is 0 Å². The zero-order valence-electron chi connectivity index (χ0n) is 8.35. The van der Waals surface area contributed by atoms with Crippen molar-refractivity contribution in [3.05, 3.63) is 52.7 Å². The van der Waals surface area contributed by atoms with E-state index in [1.165, 1.54) is 11.8 Å². The van der Waals surface area contributed by atoms with Gasteiger partial charge in [-0.05, 0) is 23.8 Å². The van der Waals surface area contributed by atoms with Gasteiger partial charge in [0, 0.05) is 10.8 Å². The Balaban J connectivity index is 2.02. The molecule has 1 heterocycles. The topological polar surface area (TPSA) is 30.2 Å². The third kappa shape index (κ3) is 2.68. The molecule has 0 saturated heterocycles. The van der Waals surface area contributed by atoms with Gasteiger partial charge in [0.2, 0.25) is 0 Å². The van der Waals surface area contributed by atoms with Crippen LogP contribution >= 0.6 is 23.4 Å². The molecule has 2 nitrogen and oxygen atoms in total. The van der Waals surface area contributed by atoms with Crippen LogP contribution < -0.4 is 0 Å². The average molecular weight is 253 g/mol. The summed E-state index contributed by atoms with van der Waals surface area (Å²) in [4.78, 5) is 10.4. The molecule has 0 bridgehead atoms. The molecule has 0 aliphatic rings. The first-order valence-corrected chi connectivity index (χ1v) is 6.07. The maximum absolute atomic E-state index is 10.4. The monoisotopic (exact) mass is 252 g/mol. The Labute approximate surface area is 103 Å². The van der Waals surface area contributed by atoms with E-state index in [1.54, 1.807) is 12.1 Å². The van der Waals surface area contributed by atoms with Gasteiger partial charge in [-0.3, -0.25) is 4.79 Å². The summed E-state index contributed by atoms with van der Waals surface area (Å²) in [7, 11) is 0. The Morgan fingerprint density at radius 3 is 2.75 bits per heavy atom. The summed E-state index contributed by atoms with van der Waals surface area (Å²) in [6.07, 6.45) is 0.694. The normalized spacial score (nSPS) is 10.3. The number of hydrogen-bond donors (Lipinski definition) is 0. The molecule has 1 aromatic heterocycles. The molecule has 0 spiro atoms. The standard InChI is InChI=1S/C12H9ClO2S/c13-11-4-2-1-3-9(11)8-16-12-6-5-10(7-14)15-12/h1-7H,8H2. The Kier molecular flexibility index (Phi) is 3.70. The van der Waals surface area contributed by atoms with Crippen molar-refractivity contribution in [3.63, 3.8) is 0 Å². The van der Waals surface area contributed by atoms with E-state index in [-0.39, 0.29) is 0 Å². The lowest BCUT2D eigenvalue weighted by Crippen LogP contribution is -1.80. The van der Waals surface area contributed by atoms with Gasteiger partial charge in [0.1, 0.15) is 0 Å². The highest BCUT2D eigenvalue weighted by Gasteiger charge is 2.04. The van der Waals surface area contributed by atoms with Gasteiger partial charge in [-0.25, -0.2) is 0 Å². The summed E-state index contributed by atoms with van der Waals surface area (Å²) >= 11 is 7.54. The first-order chi connectivity index (χ1) is 7.79. The van der Waals surface area contributed by atoms with E-state index >= 15 is 0 Å². The van der Waals surface area contributed by atoms with Gasteiger partial charge >= 0.3 is 0 Å². The van der Waals surface area contributed by atoms with Crippen LogP contribution in [0.1, 0.15) is 16.1 Å². The molecule has 16 heavy (non-hydrogen) atoms. The smallest absolute Gasteiger partial charge is 0.185 e. The molecule has 0 amide bonds. The van der Waals surface area contributed by atoms with E-state index in [2.05, 4.69) is 0 Å². The zero-order valence-corrected chi connectivity index (χ0v) is 9.92. The van der Waals surface area contributed by atoms with Crippen LogP contribution in [0.25, 0.3) is 0 Å². The molecule has 0 atom stereocenters. The van der Waals surface area contributed by atoms with Gasteiger partial charge < -0.3 is 4.42 Å². The van der Waals surface area contributed by atoms with Crippen molar-refractivity contribution < 1.29 is 9.21 Å². The summed E-state index contributed by atoms with van der Waals surface area (Å²) in [5, 5.41) is 1.47. The van der Waals surface area contributed by atoms with Crippen molar-refractivity contribution in [2.75, 3.05) is 0 Å². The predicted molar refractivity (Wildman–Crippen MR) is 65.1 cm³/mol. The first kappa shape index (κ1) is 11.3. The van der Waals surface area contributed by atoms with Crippen molar-refractivity contribution in [1.29, 1.82) is 0 Å². The third-order valence-corrected chi connectivity index (χ3v) is 3.37. The number of thioether (sulfide) groups is 1. The van der Waals surface area contributed by atoms with E-state index in [4.69, 9.17) is 16.0 Å². The largest absolute Gasteiger partial charge is 0.447 e. The number of hydrogen-bond acceptors (Lipinski definition) is 3. The average Bonchev–Trinajstić information content (AvgIpc) is 2.76. The van der Waals surface area contributed by atoms with Crippen LogP contribution in [0.4, 0.5) is 0 Å². The maximum Gasteiger partial charge on any atom is 0.185 e. The number of aldehydes is 1. The fourth-order valence-corrected chi connectivity index (χ4v) is 2.39. The second-order valence-electron chi connectivity index (χ2n) is 3.15. The van der Waals surface area contributed by atoms with Crippen molar-refractivity contribution >= 4 is 29.6 Å². The van der Waals surface area contributed by atoms with Gasteiger partial charge in [0.15, 0.2) is 17.1 Å². The molecule has 0 aliphatic carbocycles. The predicted octanol–water partition coefficient (Wildman–Crippen LogP) is 4.04. The SMILES string of the molecule is O=Cc1ccc(SCc2ccccc2Cl)o1. The lowest BCUT2D eigenvalue weighted by Gasteiger charge is -2.01. The second-order valence-corrected chi connectivity index (χ2v) is 4.54. The summed E-state index contributed by atoms with van der Waals surface area (Å²) in [5.41, 5.74) is 1.05. The Bertz CT molecular complexity index is 493. The lowest BCUT2D eigenvalue weighted by atomic mass is 10.2. The van der Waals surface area contributed by atoms with Gasteiger partial charge in [0.05, 0.1) is 0 Å². The van der Waals surface area contributed by atoms with Crippen molar-refractivity contribution in [2.24, 2.45) is 0 Å². The van der Waals surface area contributed by atoms with Crippen molar-refractivity contribution in [1.82, 2.24) is 0 Å². The molecule has 0 saturated carbocycles. The molecule has 2 rings (SSSR count). The summed E-state index contributed by atoms with van der Waals surface area (Å²) in [6.45, 7) is 0. The molecular weight excluding hydrogens is 244 g/mol. The molecular formula is C12H9ClO2S. The molecule has 0 unspecified atom stereocenters. The number of carbonyl (C=O) groups excluding carboxylic acids is 1. The quantitative estimate of drug-likeness (QED) is 0.608. The highest BCUT2D eigenvalue weighted by molar-refractivity contribution is 7.98. The molecule has 2 aromatic rings. The van der Waals surface area contributed by atoms with Crippen molar-refractivity contribution in [3.8, 4) is 0 Å². The van der Waals surface area contributed by atoms with Crippen LogP contribution in [0.15, 0.2) is 45.9 Å². The first-order valence-electron chi connectivity index (χ1n) is 4.71. The van der Waals surface area contributed by atoms with E-state index < -0.39 is 0 Å². The van der Waals surface area contributed by atoms with Gasteiger partial charge in [-0.2, -0.15) is 0 Å². The number of furan rings is 1. The molecule has 4 heteroatoms. The number of halogens is 1. The molecule has 0 radical (unpaired) electrons. The van der Waals surface area contributed by atoms with Crippen LogP contribution in [-0.4, -0.2) is 6.29 Å². The minimum atomic E-state index is 0.349. The van der Waals surface area contributed by atoms with Crippen LogP contribution in [0.2, 0.25) is 5.02 Å². The van der Waals surface area contributed by atoms with Gasteiger partial charge in [-0.1, -0.05) is 41.6 Å². The number of benzene rings is 1. The fraction of sp³-hybridized carbons (Fsp3) is 0.0833. The lowest BCUT2D eigenvalue weighted by molar-refractivity contribution is 0.109.